The molecule has 0 aliphatic heterocycles. The summed E-state index contributed by atoms with van der Waals surface area (Å²) in [5.74, 6) is -0.708. The Balaban J connectivity index is 2.70. The van der Waals surface area contributed by atoms with Crippen LogP contribution in [-0.4, -0.2) is 12.5 Å². The molecule has 5 heteroatoms. The Morgan fingerprint density at radius 3 is 2.81 bits per heavy atom. The first kappa shape index (κ1) is 12.4. The maximum Gasteiger partial charge on any atom is 0.223 e. The van der Waals surface area contributed by atoms with Crippen molar-refractivity contribution in [1.82, 2.24) is 0 Å². The summed E-state index contributed by atoms with van der Waals surface area (Å²) in [5, 5.41) is 0. The van der Waals surface area contributed by atoms with E-state index in [0.29, 0.717) is 11.3 Å². The van der Waals surface area contributed by atoms with Crippen LogP contribution in [0.4, 0.5) is 4.39 Å². The third-order valence-corrected chi connectivity index (χ3v) is 2.22. The second kappa shape index (κ2) is 5.46. The highest BCUT2D eigenvalue weighted by Crippen LogP contribution is 2.19. The number of benzene rings is 1. The fraction of sp³-hybridized carbons (Fsp3) is 0.364. The Kier molecular flexibility index (Phi) is 4.25. The topological polar surface area (TPSA) is 78.3 Å². The lowest BCUT2D eigenvalue weighted by atomic mass is 10.1. The van der Waals surface area contributed by atoms with Gasteiger partial charge in [0.2, 0.25) is 5.91 Å². The van der Waals surface area contributed by atoms with Crippen LogP contribution in [-0.2, 0) is 11.3 Å². The number of nitrogens with two attached hydrogens (primary N) is 2. The molecule has 1 amide bonds. The van der Waals surface area contributed by atoms with Crippen LogP contribution in [0.1, 0.15) is 12.5 Å². The van der Waals surface area contributed by atoms with E-state index in [1.165, 1.54) is 18.2 Å². The van der Waals surface area contributed by atoms with E-state index >= 15 is 0 Å². The average molecular weight is 226 g/mol. The zero-order chi connectivity index (χ0) is 12.1. The van der Waals surface area contributed by atoms with Crippen molar-refractivity contribution in [2.75, 3.05) is 6.61 Å². The van der Waals surface area contributed by atoms with Gasteiger partial charge in [-0.3, -0.25) is 4.79 Å². The van der Waals surface area contributed by atoms with E-state index in [1.807, 2.05) is 0 Å². The van der Waals surface area contributed by atoms with Crippen molar-refractivity contribution in [2.45, 2.75) is 13.5 Å². The van der Waals surface area contributed by atoms with E-state index in [2.05, 4.69) is 0 Å². The van der Waals surface area contributed by atoms with Crippen molar-refractivity contribution in [3.63, 3.8) is 0 Å². The minimum atomic E-state index is -0.434. The van der Waals surface area contributed by atoms with Crippen molar-refractivity contribution in [2.24, 2.45) is 17.4 Å². The Labute approximate surface area is 93.4 Å². The number of hydrogen-bond donors (Lipinski definition) is 2. The van der Waals surface area contributed by atoms with E-state index in [0.717, 1.165) is 0 Å². The highest BCUT2D eigenvalue weighted by Gasteiger charge is 2.11. The molecule has 1 rings (SSSR count). The zero-order valence-corrected chi connectivity index (χ0v) is 9.07. The highest BCUT2D eigenvalue weighted by molar-refractivity contribution is 5.76. The van der Waals surface area contributed by atoms with E-state index in [-0.39, 0.29) is 19.0 Å². The van der Waals surface area contributed by atoms with Crippen LogP contribution in [0.15, 0.2) is 18.2 Å². The molecule has 1 aromatic carbocycles. The molecular formula is C11H15FN2O2. The molecule has 0 fully saturated rings. The van der Waals surface area contributed by atoms with Gasteiger partial charge in [0.05, 0.1) is 12.5 Å². The third kappa shape index (κ3) is 3.20. The van der Waals surface area contributed by atoms with E-state index in [4.69, 9.17) is 16.2 Å². The molecule has 0 aliphatic rings. The Morgan fingerprint density at radius 1 is 1.56 bits per heavy atom. The molecule has 4 nitrogen and oxygen atoms in total. The molecule has 0 spiro atoms. The molecule has 0 bridgehead atoms. The first-order chi connectivity index (χ1) is 7.54. The summed E-state index contributed by atoms with van der Waals surface area (Å²) in [6, 6.07) is 4.08. The van der Waals surface area contributed by atoms with Crippen LogP contribution >= 0.6 is 0 Å². The molecule has 1 atom stereocenters. The minimum absolute atomic E-state index is 0.161. The van der Waals surface area contributed by atoms with Gasteiger partial charge in [0, 0.05) is 12.1 Å². The lowest BCUT2D eigenvalue weighted by molar-refractivity contribution is -0.122. The van der Waals surface area contributed by atoms with Gasteiger partial charge in [0.15, 0.2) is 0 Å². The average Bonchev–Trinajstić information content (AvgIpc) is 2.26. The SMILES string of the molecule is CC(COc1ccc(F)cc1CN)C(N)=O. The molecule has 0 saturated heterocycles. The number of primary amides is 1. The number of hydrogen-bond acceptors (Lipinski definition) is 3. The first-order valence-electron chi connectivity index (χ1n) is 4.95. The van der Waals surface area contributed by atoms with Gasteiger partial charge in [-0.2, -0.15) is 0 Å². The Bertz CT molecular complexity index is 382. The van der Waals surface area contributed by atoms with Crippen molar-refractivity contribution in [1.29, 1.82) is 0 Å². The van der Waals surface area contributed by atoms with Crippen LogP contribution in [0, 0.1) is 11.7 Å². The van der Waals surface area contributed by atoms with E-state index < -0.39 is 11.8 Å². The summed E-state index contributed by atoms with van der Waals surface area (Å²) in [5.41, 5.74) is 11.1. The van der Waals surface area contributed by atoms with Crippen LogP contribution in [0.2, 0.25) is 0 Å². The van der Waals surface area contributed by atoms with Gasteiger partial charge in [-0.1, -0.05) is 6.92 Å². The van der Waals surface area contributed by atoms with E-state index in [9.17, 15) is 9.18 Å². The van der Waals surface area contributed by atoms with Crippen LogP contribution < -0.4 is 16.2 Å². The molecule has 0 aromatic heterocycles. The molecule has 0 radical (unpaired) electrons. The maximum absolute atomic E-state index is 12.9. The first-order valence-corrected chi connectivity index (χ1v) is 4.95. The predicted octanol–water partition coefficient (Wildman–Crippen LogP) is 0.785. The zero-order valence-electron chi connectivity index (χ0n) is 9.07. The molecule has 1 unspecified atom stereocenters. The van der Waals surface area contributed by atoms with Gasteiger partial charge in [-0.25, -0.2) is 4.39 Å². The molecule has 1 aromatic rings. The second-order valence-corrected chi connectivity index (χ2v) is 3.57. The molecule has 4 N–H and O–H groups in total. The van der Waals surface area contributed by atoms with Crippen molar-refractivity contribution >= 4 is 5.91 Å². The van der Waals surface area contributed by atoms with Crippen molar-refractivity contribution < 1.29 is 13.9 Å². The number of halogens is 1. The normalized spacial score (nSPS) is 12.2. The standard InChI is InChI=1S/C11H15FN2O2/c1-7(11(14)15)6-16-10-3-2-9(12)4-8(10)5-13/h2-4,7H,5-6,13H2,1H3,(H2,14,15). The lowest BCUT2D eigenvalue weighted by Gasteiger charge is -2.12. The van der Waals surface area contributed by atoms with Crippen molar-refractivity contribution in [3.05, 3.63) is 29.6 Å². The van der Waals surface area contributed by atoms with E-state index in [1.54, 1.807) is 6.92 Å². The van der Waals surface area contributed by atoms with Gasteiger partial charge in [-0.05, 0) is 18.2 Å². The molecule has 0 aliphatic carbocycles. The van der Waals surface area contributed by atoms with Gasteiger partial charge >= 0.3 is 0 Å². The summed E-state index contributed by atoms with van der Waals surface area (Å²) in [6.07, 6.45) is 0. The summed E-state index contributed by atoms with van der Waals surface area (Å²) >= 11 is 0. The van der Waals surface area contributed by atoms with Crippen LogP contribution in [0.25, 0.3) is 0 Å². The van der Waals surface area contributed by atoms with Gasteiger partial charge in [0.1, 0.15) is 11.6 Å². The number of carbonyl (C=O) groups excluding carboxylic acids is 1. The fourth-order valence-electron chi connectivity index (χ4n) is 1.15. The van der Waals surface area contributed by atoms with Crippen molar-refractivity contribution in [3.8, 4) is 5.75 Å². The highest BCUT2D eigenvalue weighted by atomic mass is 19.1. The summed E-state index contributed by atoms with van der Waals surface area (Å²) in [6.45, 7) is 2.00. The molecule has 16 heavy (non-hydrogen) atoms. The van der Waals surface area contributed by atoms with Gasteiger partial charge in [0.25, 0.3) is 0 Å². The van der Waals surface area contributed by atoms with Gasteiger partial charge < -0.3 is 16.2 Å². The smallest absolute Gasteiger partial charge is 0.223 e. The Morgan fingerprint density at radius 2 is 2.25 bits per heavy atom. The molecule has 0 heterocycles. The molecular weight excluding hydrogens is 211 g/mol. The number of amides is 1. The predicted molar refractivity (Wildman–Crippen MR) is 58.1 cm³/mol. The van der Waals surface area contributed by atoms with Crippen LogP contribution in [0.3, 0.4) is 0 Å². The molecule has 88 valence electrons. The fourth-order valence-corrected chi connectivity index (χ4v) is 1.15. The minimum Gasteiger partial charge on any atom is -0.492 e. The second-order valence-electron chi connectivity index (χ2n) is 3.57. The van der Waals surface area contributed by atoms with Gasteiger partial charge in [-0.15, -0.1) is 0 Å². The summed E-state index contributed by atoms with van der Waals surface area (Å²) in [4.78, 5) is 10.8. The monoisotopic (exact) mass is 226 g/mol. The quantitative estimate of drug-likeness (QED) is 0.778. The number of rotatable bonds is 5. The maximum atomic E-state index is 12.9. The number of ether oxygens (including phenoxy) is 1. The van der Waals surface area contributed by atoms with Crippen LogP contribution in [0.5, 0.6) is 5.75 Å². The lowest BCUT2D eigenvalue weighted by Crippen LogP contribution is -2.26. The third-order valence-electron chi connectivity index (χ3n) is 2.22. The summed E-state index contributed by atoms with van der Waals surface area (Å²) < 4.78 is 18.2. The molecule has 0 saturated carbocycles. The number of carbonyl (C=O) groups is 1. The summed E-state index contributed by atoms with van der Waals surface area (Å²) in [7, 11) is 0. The Hall–Kier alpha value is -1.62. The largest absolute Gasteiger partial charge is 0.492 e.